The van der Waals surface area contributed by atoms with Gasteiger partial charge in [0, 0.05) is 19.5 Å². The monoisotopic (exact) mass is 277 g/mol. The standard InChI is InChI=1S/C11H16ClNO3S/c1-13(17(14,15)10-7-12)8-9-16-11-5-3-2-4-6-11/h2-6H,7-10H2,1H3. The zero-order chi connectivity index (χ0) is 12.7. The summed E-state index contributed by atoms with van der Waals surface area (Å²) in [7, 11) is -1.72. The van der Waals surface area contributed by atoms with E-state index in [-0.39, 0.29) is 11.6 Å². The van der Waals surface area contributed by atoms with Crippen molar-refractivity contribution < 1.29 is 13.2 Å². The Kier molecular flexibility index (Phi) is 5.74. The molecule has 0 bridgehead atoms. The molecule has 1 rings (SSSR count). The summed E-state index contributed by atoms with van der Waals surface area (Å²) >= 11 is 5.42. The van der Waals surface area contributed by atoms with E-state index in [4.69, 9.17) is 16.3 Å². The molecule has 0 saturated carbocycles. The second kappa shape index (κ2) is 6.83. The minimum absolute atomic E-state index is 0.0452. The van der Waals surface area contributed by atoms with Gasteiger partial charge >= 0.3 is 0 Å². The summed E-state index contributed by atoms with van der Waals surface area (Å²) in [5, 5.41) is 0. The van der Waals surface area contributed by atoms with Gasteiger partial charge in [0.15, 0.2) is 0 Å². The predicted octanol–water partition coefficient (Wildman–Crippen LogP) is 1.57. The van der Waals surface area contributed by atoms with Crippen LogP contribution in [-0.2, 0) is 10.0 Å². The first kappa shape index (κ1) is 14.3. The van der Waals surface area contributed by atoms with Gasteiger partial charge in [-0.15, -0.1) is 11.6 Å². The van der Waals surface area contributed by atoms with Crippen molar-refractivity contribution in [1.82, 2.24) is 4.31 Å². The maximum atomic E-state index is 11.6. The van der Waals surface area contributed by atoms with Gasteiger partial charge in [-0.3, -0.25) is 0 Å². The third-order valence-electron chi connectivity index (χ3n) is 2.23. The highest BCUT2D eigenvalue weighted by Crippen LogP contribution is 2.08. The largest absolute Gasteiger partial charge is 0.492 e. The number of halogens is 1. The molecule has 0 radical (unpaired) electrons. The quantitative estimate of drug-likeness (QED) is 0.711. The SMILES string of the molecule is CN(CCOc1ccccc1)S(=O)(=O)CCCl. The van der Waals surface area contributed by atoms with E-state index in [0.29, 0.717) is 13.2 Å². The molecule has 4 nitrogen and oxygen atoms in total. The van der Waals surface area contributed by atoms with Gasteiger partial charge < -0.3 is 4.74 Å². The summed E-state index contributed by atoms with van der Waals surface area (Å²) in [6.07, 6.45) is 0. The summed E-state index contributed by atoms with van der Waals surface area (Å²) in [6.45, 7) is 0.635. The fourth-order valence-corrected chi connectivity index (χ4v) is 2.65. The van der Waals surface area contributed by atoms with Gasteiger partial charge in [0.25, 0.3) is 0 Å². The molecule has 0 spiro atoms. The van der Waals surface area contributed by atoms with E-state index in [1.54, 1.807) is 0 Å². The minimum atomic E-state index is -3.24. The van der Waals surface area contributed by atoms with Crippen molar-refractivity contribution in [1.29, 1.82) is 0 Å². The number of alkyl halides is 1. The van der Waals surface area contributed by atoms with Crippen LogP contribution >= 0.6 is 11.6 Å². The molecule has 0 aromatic heterocycles. The van der Waals surface area contributed by atoms with E-state index in [1.807, 2.05) is 30.3 Å². The van der Waals surface area contributed by atoms with Crippen LogP contribution in [0.3, 0.4) is 0 Å². The lowest BCUT2D eigenvalue weighted by atomic mass is 10.3. The molecule has 0 aliphatic rings. The highest BCUT2D eigenvalue weighted by Gasteiger charge is 2.16. The molecule has 0 fully saturated rings. The van der Waals surface area contributed by atoms with Crippen molar-refractivity contribution in [2.75, 3.05) is 31.8 Å². The second-order valence-electron chi connectivity index (χ2n) is 3.49. The summed E-state index contributed by atoms with van der Waals surface area (Å²) in [4.78, 5) is 0. The second-order valence-corrected chi connectivity index (χ2v) is 6.06. The molecule has 96 valence electrons. The number of likely N-dealkylation sites (N-methyl/N-ethyl adjacent to an activating group) is 1. The summed E-state index contributed by atoms with van der Waals surface area (Å²) < 4.78 is 29.8. The number of para-hydroxylation sites is 1. The van der Waals surface area contributed by atoms with E-state index in [2.05, 4.69) is 0 Å². The molecule has 0 saturated heterocycles. The molecule has 17 heavy (non-hydrogen) atoms. The maximum absolute atomic E-state index is 11.6. The van der Waals surface area contributed by atoms with Crippen molar-refractivity contribution in [3.05, 3.63) is 30.3 Å². The topological polar surface area (TPSA) is 46.6 Å². The number of hydrogen-bond acceptors (Lipinski definition) is 3. The molecule has 0 aliphatic carbocycles. The maximum Gasteiger partial charge on any atom is 0.215 e. The number of rotatable bonds is 7. The number of ether oxygens (including phenoxy) is 1. The molecule has 0 aliphatic heterocycles. The lowest BCUT2D eigenvalue weighted by Gasteiger charge is -2.16. The van der Waals surface area contributed by atoms with E-state index in [0.717, 1.165) is 5.75 Å². The van der Waals surface area contributed by atoms with Gasteiger partial charge in [-0.1, -0.05) is 18.2 Å². The van der Waals surface area contributed by atoms with Crippen LogP contribution in [0, 0.1) is 0 Å². The molecule has 0 heterocycles. The minimum Gasteiger partial charge on any atom is -0.492 e. The third kappa shape index (κ3) is 4.93. The third-order valence-corrected chi connectivity index (χ3v) is 4.49. The number of sulfonamides is 1. The lowest BCUT2D eigenvalue weighted by molar-refractivity contribution is 0.287. The Morgan fingerprint density at radius 3 is 2.53 bits per heavy atom. The Morgan fingerprint density at radius 2 is 1.94 bits per heavy atom. The Balaban J connectivity index is 2.37. The van der Waals surface area contributed by atoms with Crippen LogP contribution in [0.2, 0.25) is 0 Å². The first-order valence-corrected chi connectivity index (χ1v) is 7.38. The zero-order valence-corrected chi connectivity index (χ0v) is 11.2. The molecule has 1 aromatic carbocycles. The highest BCUT2D eigenvalue weighted by atomic mass is 35.5. The molecular weight excluding hydrogens is 262 g/mol. The summed E-state index contributed by atoms with van der Waals surface area (Å²) in [5.41, 5.74) is 0. The molecule has 0 N–H and O–H groups in total. The molecule has 0 unspecified atom stereocenters. The normalized spacial score (nSPS) is 11.7. The van der Waals surface area contributed by atoms with Crippen molar-refractivity contribution in [3.63, 3.8) is 0 Å². The molecular formula is C11H16ClNO3S. The van der Waals surface area contributed by atoms with E-state index >= 15 is 0 Å². The van der Waals surface area contributed by atoms with Crippen molar-refractivity contribution in [3.8, 4) is 5.75 Å². The number of nitrogens with zero attached hydrogens (tertiary/aromatic N) is 1. The first-order chi connectivity index (χ1) is 8.06. The van der Waals surface area contributed by atoms with Crippen molar-refractivity contribution in [2.45, 2.75) is 0 Å². The van der Waals surface area contributed by atoms with Crippen LogP contribution in [0.1, 0.15) is 0 Å². The van der Waals surface area contributed by atoms with Gasteiger partial charge in [0.05, 0.1) is 5.75 Å². The summed E-state index contributed by atoms with van der Waals surface area (Å²) in [6, 6.07) is 9.27. The van der Waals surface area contributed by atoms with Crippen molar-refractivity contribution >= 4 is 21.6 Å². The number of hydrogen-bond donors (Lipinski definition) is 0. The zero-order valence-electron chi connectivity index (χ0n) is 9.67. The molecule has 6 heteroatoms. The fourth-order valence-electron chi connectivity index (χ4n) is 1.20. The Morgan fingerprint density at radius 1 is 1.29 bits per heavy atom. The Bertz CT molecular complexity index is 422. The average molecular weight is 278 g/mol. The van der Waals surface area contributed by atoms with Gasteiger partial charge in [0.1, 0.15) is 12.4 Å². The van der Waals surface area contributed by atoms with Crippen LogP contribution in [0.5, 0.6) is 5.75 Å². The van der Waals surface area contributed by atoms with E-state index in [1.165, 1.54) is 11.4 Å². The average Bonchev–Trinajstić information content (AvgIpc) is 2.30. The number of benzene rings is 1. The van der Waals surface area contributed by atoms with Crippen LogP contribution in [0.15, 0.2) is 30.3 Å². The first-order valence-electron chi connectivity index (χ1n) is 5.24. The van der Waals surface area contributed by atoms with Crippen molar-refractivity contribution in [2.24, 2.45) is 0 Å². The molecule has 1 aromatic rings. The lowest BCUT2D eigenvalue weighted by Crippen LogP contribution is -2.33. The van der Waals surface area contributed by atoms with E-state index in [9.17, 15) is 8.42 Å². The molecule has 0 amide bonds. The van der Waals surface area contributed by atoms with Gasteiger partial charge in [0.2, 0.25) is 10.0 Å². The molecule has 0 atom stereocenters. The Hall–Kier alpha value is -0.780. The smallest absolute Gasteiger partial charge is 0.215 e. The predicted molar refractivity (Wildman–Crippen MR) is 69.1 cm³/mol. The highest BCUT2D eigenvalue weighted by molar-refractivity contribution is 7.89. The Labute approximate surface area is 107 Å². The van der Waals surface area contributed by atoms with Crippen LogP contribution in [0.4, 0.5) is 0 Å². The van der Waals surface area contributed by atoms with E-state index < -0.39 is 10.0 Å². The van der Waals surface area contributed by atoms with Crippen LogP contribution < -0.4 is 4.74 Å². The van der Waals surface area contributed by atoms with Crippen LogP contribution in [-0.4, -0.2) is 44.6 Å². The van der Waals surface area contributed by atoms with Gasteiger partial charge in [-0.25, -0.2) is 12.7 Å². The van der Waals surface area contributed by atoms with Gasteiger partial charge in [-0.05, 0) is 12.1 Å². The fraction of sp³-hybridized carbons (Fsp3) is 0.455. The van der Waals surface area contributed by atoms with Gasteiger partial charge in [-0.2, -0.15) is 0 Å². The van der Waals surface area contributed by atoms with Crippen LogP contribution in [0.25, 0.3) is 0 Å². The summed E-state index contributed by atoms with van der Waals surface area (Å²) in [5.74, 6) is 0.790.